The van der Waals surface area contributed by atoms with Gasteiger partial charge in [-0.3, -0.25) is 9.78 Å². The zero-order chi connectivity index (χ0) is 13.1. The van der Waals surface area contributed by atoms with Crippen LogP contribution in [0.2, 0.25) is 0 Å². The van der Waals surface area contributed by atoms with Gasteiger partial charge in [0.05, 0.1) is 11.7 Å². The first-order chi connectivity index (χ1) is 8.63. The van der Waals surface area contributed by atoms with Crippen LogP contribution in [0.4, 0.5) is 0 Å². The maximum atomic E-state index is 12.2. The number of nitrogens with zero attached hydrogens (tertiary/aromatic N) is 2. The van der Waals surface area contributed by atoms with Crippen LogP contribution in [0.1, 0.15) is 35.9 Å². The fourth-order valence-electron chi connectivity index (χ4n) is 2.35. The van der Waals surface area contributed by atoms with Gasteiger partial charge in [-0.15, -0.1) is 11.3 Å². The van der Waals surface area contributed by atoms with Gasteiger partial charge in [-0.1, -0.05) is 13.3 Å². The Morgan fingerprint density at radius 3 is 2.94 bits per heavy atom. The zero-order valence-corrected chi connectivity index (χ0v) is 11.0. The molecule has 2 rings (SSSR count). The van der Waals surface area contributed by atoms with Crippen LogP contribution in [0.25, 0.3) is 0 Å². The lowest BCUT2D eigenvalue weighted by Gasteiger charge is -2.36. The summed E-state index contributed by atoms with van der Waals surface area (Å²) in [5.74, 6) is -0.720. The number of likely N-dealkylation sites (tertiary alicyclic amines) is 1. The van der Waals surface area contributed by atoms with Crippen LogP contribution in [0.5, 0.6) is 0 Å². The van der Waals surface area contributed by atoms with Crippen molar-refractivity contribution in [3.8, 4) is 0 Å². The highest BCUT2D eigenvalue weighted by Gasteiger charge is 2.36. The van der Waals surface area contributed by atoms with Crippen LogP contribution >= 0.6 is 11.3 Å². The molecule has 1 aromatic rings. The van der Waals surface area contributed by atoms with Gasteiger partial charge in [0, 0.05) is 6.54 Å². The molecular formula is C12H16N2O3S. The summed E-state index contributed by atoms with van der Waals surface area (Å²) >= 11 is 1.25. The van der Waals surface area contributed by atoms with E-state index in [1.807, 2.05) is 0 Å². The van der Waals surface area contributed by atoms with Gasteiger partial charge in [-0.05, 0) is 18.8 Å². The van der Waals surface area contributed by atoms with E-state index in [1.165, 1.54) is 22.4 Å². The van der Waals surface area contributed by atoms with Gasteiger partial charge in [-0.25, -0.2) is 4.79 Å². The molecule has 1 N–H and O–H groups in total. The summed E-state index contributed by atoms with van der Waals surface area (Å²) in [4.78, 5) is 29.3. The van der Waals surface area contributed by atoms with E-state index in [-0.39, 0.29) is 5.91 Å². The van der Waals surface area contributed by atoms with Crippen molar-refractivity contribution >= 4 is 23.2 Å². The second-order valence-corrected chi connectivity index (χ2v) is 5.40. The molecule has 1 aliphatic rings. The van der Waals surface area contributed by atoms with Crippen molar-refractivity contribution in [3.05, 3.63) is 16.6 Å². The van der Waals surface area contributed by atoms with Crippen molar-refractivity contribution in [1.82, 2.24) is 9.88 Å². The van der Waals surface area contributed by atoms with Gasteiger partial charge in [-0.2, -0.15) is 0 Å². The summed E-state index contributed by atoms with van der Waals surface area (Å²) in [5, 5.41) is 9.26. The van der Waals surface area contributed by atoms with E-state index in [0.717, 1.165) is 12.8 Å². The number of carboxylic acids is 1. The Morgan fingerprint density at radius 1 is 1.61 bits per heavy atom. The summed E-state index contributed by atoms with van der Waals surface area (Å²) in [6, 6.07) is -0.696. The molecule has 0 spiro atoms. The molecule has 1 saturated heterocycles. The van der Waals surface area contributed by atoms with E-state index >= 15 is 0 Å². The molecule has 98 valence electrons. The predicted octanol–water partition coefficient (Wildman–Crippen LogP) is 1.86. The standard InChI is InChI=1S/C12H16N2O3S/c1-2-8-3-4-14(9(5-8)12(16)17)11(15)10-6-13-7-18-10/h6-9H,2-5H2,1H3,(H,16,17). The number of carbonyl (C=O) groups excluding carboxylic acids is 1. The Balaban J connectivity index is 2.16. The zero-order valence-electron chi connectivity index (χ0n) is 10.2. The van der Waals surface area contributed by atoms with Gasteiger partial charge < -0.3 is 10.0 Å². The first kappa shape index (κ1) is 13.0. The third-order valence-corrected chi connectivity index (χ3v) is 4.24. The average Bonchev–Trinajstić information content (AvgIpc) is 2.91. The van der Waals surface area contributed by atoms with Crippen LogP contribution < -0.4 is 0 Å². The van der Waals surface area contributed by atoms with Gasteiger partial charge >= 0.3 is 5.97 Å². The number of carboxylic acid groups (broad SMARTS) is 1. The number of aliphatic carboxylic acids is 1. The first-order valence-electron chi connectivity index (χ1n) is 6.05. The van der Waals surface area contributed by atoms with E-state index < -0.39 is 12.0 Å². The predicted molar refractivity (Wildman–Crippen MR) is 67.6 cm³/mol. The lowest BCUT2D eigenvalue weighted by atomic mass is 9.89. The number of aromatic nitrogens is 1. The van der Waals surface area contributed by atoms with Crippen molar-refractivity contribution in [2.24, 2.45) is 5.92 Å². The van der Waals surface area contributed by atoms with Gasteiger partial charge in [0.1, 0.15) is 10.9 Å². The number of piperidine rings is 1. The van der Waals surface area contributed by atoms with Crippen LogP contribution in [-0.4, -0.2) is 39.5 Å². The number of hydrogen-bond acceptors (Lipinski definition) is 4. The highest BCUT2D eigenvalue weighted by Crippen LogP contribution is 2.27. The van der Waals surface area contributed by atoms with E-state index in [9.17, 15) is 14.7 Å². The molecule has 0 bridgehead atoms. The molecule has 0 radical (unpaired) electrons. The molecule has 1 fully saturated rings. The Morgan fingerprint density at radius 2 is 2.39 bits per heavy atom. The fraction of sp³-hybridized carbons (Fsp3) is 0.583. The largest absolute Gasteiger partial charge is 0.480 e. The average molecular weight is 268 g/mol. The Bertz CT molecular complexity index is 433. The number of hydrogen-bond donors (Lipinski definition) is 1. The Labute approximate surface area is 109 Å². The van der Waals surface area contributed by atoms with Crippen LogP contribution in [-0.2, 0) is 4.79 Å². The van der Waals surface area contributed by atoms with Crippen molar-refractivity contribution in [1.29, 1.82) is 0 Å². The number of carbonyl (C=O) groups is 2. The van der Waals surface area contributed by atoms with Crippen molar-refractivity contribution < 1.29 is 14.7 Å². The molecule has 0 aliphatic carbocycles. The van der Waals surface area contributed by atoms with E-state index in [2.05, 4.69) is 11.9 Å². The molecule has 18 heavy (non-hydrogen) atoms. The molecule has 0 aromatic carbocycles. The second kappa shape index (κ2) is 5.48. The van der Waals surface area contributed by atoms with E-state index in [1.54, 1.807) is 5.51 Å². The Kier molecular flexibility index (Phi) is 3.96. The minimum atomic E-state index is -0.911. The molecule has 2 heterocycles. The SMILES string of the molecule is CCC1CCN(C(=O)c2cncs2)C(C(=O)O)C1. The molecule has 1 aliphatic heterocycles. The van der Waals surface area contributed by atoms with Gasteiger partial charge in [0.15, 0.2) is 0 Å². The van der Waals surface area contributed by atoms with Crippen LogP contribution in [0.15, 0.2) is 11.7 Å². The number of amides is 1. The normalized spacial score (nSPS) is 23.9. The third-order valence-electron chi connectivity index (χ3n) is 3.48. The van der Waals surface area contributed by atoms with Crippen LogP contribution in [0, 0.1) is 5.92 Å². The molecule has 1 aromatic heterocycles. The van der Waals surface area contributed by atoms with Crippen molar-refractivity contribution in [3.63, 3.8) is 0 Å². The van der Waals surface area contributed by atoms with Gasteiger partial charge in [0.25, 0.3) is 5.91 Å². The number of rotatable bonds is 3. The molecule has 1 amide bonds. The first-order valence-corrected chi connectivity index (χ1v) is 6.93. The molecule has 2 atom stereocenters. The molecule has 0 saturated carbocycles. The topological polar surface area (TPSA) is 70.5 Å². The summed E-state index contributed by atoms with van der Waals surface area (Å²) < 4.78 is 0. The summed E-state index contributed by atoms with van der Waals surface area (Å²) in [6.07, 6.45) is 3.89. The van der Waals surface area contributed by atoms with Crippen molar-refractivity contribution in [2.45, 2.75) is 32.2 Å². The van der Waals surface area contributed by atoms with Crippen molar-refractivity contribution in [2.75, 3.05) is 6.54 Å². The number of thiazole rings is 1. The van der Waals surface area contributed by atoms with E-state index in [4.69, 9.17) is 0 Å². The highest BCUT2D eigenvalue weighted by molar-refractivity contribution is 7.11. The maximum Gasteiger partial charge on any atom is 0.326 e. The van der Waals surface area contributed by atoms with Crippen LogP contribution in [0.3, 0.4) is 0 Å². The fourth-order valence-corrected chi connectivity index (χ4v) is 2.92. The van der Waals surface area contributed by atoms with Gasteiger partial charge in [0.2, 0.25) is 0 Å². The summed E-state index contributed by atoms with van der Waals surface area (Å²) in [6.45, 7) is 2.58. The third kappa shape index (κ3) is 2.53. The highest BCUT2D eigenvalue weighted by atomic mass is 32.1. The molecule has 2 unspecified atom stereocenters. The minimum absolute atomic E-state index is 0.209. The molecule has 6 heteroatoms. The molecular weight excluding hydrogens is 252 g/mol. The lowest BCUT2D eigenvalue weighted by Crippen LogP contribution is -2.49. The molecule has 5 nitrogen and oxygen atoms in total. The minimum Gasteiger partial charge on any atom is -0.480 e. The summed E-state index contributed by atoms with van der Waals surface area (Å²) in [7, 11) is 0. The Hall–Kier alpha value is -1.43. The van der Waals surface area contributed by atoms with E-state index in [0.29, 0.717) is 23.8 Å². The quantitative estimate of drug-likeness (QED) is 0.908. The second-order valence-electron chi connectivity index (χ2n) is 4.52. The summed E-state index contributed by atoms with van der Waals surface area (Å²) in [5.41, 5.74) is 1.59. The monoisotopic (exact) mass is 268 g/mol. The lowest BCUT2D eigenvalue weighted by molar-refractivity contribution is -0.144. The maximum absolute atomic E-state index is 12.2. The smallest absolute Gasteiger partial charge is 0.326 e.